The predicted octanol–water partition coefficient (Wildman–Crippen LogP) is 0.998. The highest BCUT2D eigenvalue weighted by molar-refractivity contribution is 5.73. The minimum absolute atomic E-state index is 0.0630. The van der Waals surface area contributed by atoms with Crippen LogP contribution in [0.15, 0.2) is 30.6 Å². The summed E-state index contributed by atoms with van der Waals surface area (Å²) in [5, 5.41) is 7.25. The highest BCUT2D eigenvalue weighted by Crippen LogP contribution is 2.25. The molecule has 0 saturated carbocycles. The lowest BCUT2D eigenvalue weighted by Gasteiger charge is -2.11. The molecule has 2 rings (SSSR count). The normalized spacial score (nSPS) is 10.2. The zero-order valence-corrected chi connectivity index (χ0v) is 12.0. The van der Waals surface area contributed by atoms with Gasteiger partial charge in [-0.3, -0.25) is 9.48 Å². The Hall–Kier alpha value is -2.70. The molecule has 0 spiro atoms. The summed E-state index contributed by atoms with van der Waals surface area (Å²) in [5.41, 5.74) is 6.90. The lowest BCUT2D eigenvalue weighted by atomic mass is 10.2. The lowest BCUT2D eigenvalue weighted by Crippen LogP contribution is -2.18. The standard InChI is InChI=1S/C14H18N4O3/c1-20-12-4-3-10(13(5-12)21-2)6-16-11-7-17-18(8-11)9-14(15)19/h3-5,7-8,16H,6,9H2,1-2H3,(H2,15,19). The van der Waals surface area contributed by atoms with Crippen LogP contribution in [0.4, 0.5) is 5.69 Å². The zero-order valence-electron chi connectivity index (χ0n) is 12.0. The van der Waals surface area contributed by atoms with Gasteiger partial charge in [-0.1, -0.05) is 0 Å². The van der Waals surface area contributed by atoms with Crippen LogP contribution in [0.25, 0.3) is 0 Å². The third kappa shape index (κ3) is 3.88. The maximum absolute atomic E-state index is 10.8. The van der Waals surface area contributed by atoms with E-state index in [1.165, 1.54) is 4.68 Å². The third-order valence-electron chi connectivity index (χ3n) is 2.93. The van der Waals surface area contributed by atoms with Gasteiger partial charge in [0.15, 0.2) is 0 Å². The fourth-order valence-electron chi connectivity index (χ4n) is 1.90. The largest absolute Gasteiger partial charge is 0.497 e. The topological polar surface area (TPSA) is 91.4 Å². The van der Waals surface area contributed by atoms with Gasteiger partial charge in [0.1, 0.15) is 18.0 Å². The third-order valence-corrected chi connectivity index (χ3v) is 2.93. The molecular formula is C14H18N4O3. The predicted molar refractivity (Wildman–Crippen MR) is 78.3 cm³/mol. The molecule has 3 N–H and O–H groups in total. The Balaban J connectivity index is 2.02. The van der Waals surface area contributed by atoms with Gasteiger partial charge >= 0.3 is 0 Å². The van der Waals surface area contributed by atoms with Crippen LogP contribution >= 0.6 is 0 Å². The molecule has 1 aromatic carbocycles. The van der Waals surface area contributed by atoms with E-state index in [1.807, 2.05) is 18.2 Å². The van der Waals surface area contributed by atoms with E-state index < -0.39 is 5.91 Å². The number of rotatable bonds is 7. The van der Waals surface area contributed by atoms with Crippen molar-refractivity contribution in [3.8, 4) is 11.5 Å². The summed E-state index contributed by atoms with van der Waals surface area (Å²) >= 11 is 0. The Bertz CT molecular complexity index is 624. The number of carbonyl (C=O) groups excluding carboxylic acids is 1. The van der Waals surface area contributed by atoms with Crippen molar-refractivity contribution in [3.63, 3.8) is 0 Å². The van der Waals surface area contributed by atoms with Gasteiger partial charge in [0, 0.05) is 24.4 Å². The second kappa shape index (κ2) is 6.65. The van der Waals surface area contributed by atoms with Crippen molar-refractivity contribution in [2.24, 2.45) is 5.73 Å². The molecular weight excluding hydrogens is 272 g/mol. The van der Waals surface area contributed by atoms with Gasteiger partial charge in [0.2, 0.25) is 5.91 Å². The van der Waals surface area contributed by atoms with Crippen LogP contribution in [-0.4, -0.2) is 29.9 Å². The van der Waals surface area contributed by atoms with Crippen molar-refractivity contribution >= 4 is 11.6 Å². The molecule has 0 radical (unpaired) electrons. The molecule has 0 aliphatic rings. The van der Waals surface area contributed by atoms with Crippen molar-refractivity contribution in [2.75, 3.05) is 19.5 Å². The van der Waals surface area contributed by atoms with Gasteiger partial charge < -0.3 is 20.5 Å². The van der Waals surface area contributed by atoms with Crippen LogP contribution in [0.3, 0.4) is 0 Å². The van der Waals surface area contributed by atoms with Crippen LogP contribution in [-0.2, 0) is 17.9 Å². The highest BCUT2D eigenvalue weighted by atomic mass is 16.5. The van der Waals surface area contributed by atoms with Crippen LogP contribution in [0.2, 0.25) is 0 Å². The molecule has 2 aromatic rings. The summed E-state index contributed by atoms with van der Waals surface area (Å²) < 4.78 is 12.0. The molecule has 0 aliphatic heterocycles. The molecule has 21 heavy (non-hydrogen) atoms. The number of methoxy groups -OCH3 is 2. The molecule has 0 saturated heterocycles. The molecule has 0 aliphatic carbocycles. The van der Waals surface area contributed by atoms with Crippen molar-refractivity contribution in [3.05, 3.63) is 36.2 Å². The molecule has 0 atom stereocenters. The first-order valence-corrected chi connectivity index (χ1v) is 6.38. The molecule has 7 heteroatoms. The van der Waals surface area contributed by atoms with Gasteiger partial charge in [-0.05, 0) is 12.1 Å². The Kier molecular flexibility index (Phi) is 4.65. The van der Waals surface area contributed by atoms with E-state index in [4.69, 9.17) is 15.2 Å². The Morgan fingerprint density at radius 3 is 2.86 bits per heavy atom. The summed E-state index contributed by atoms with van der Waals surface area (Å²) in [7, 11) is 3.23. The SMILES string of the molecule is COc1ccc(CNc2cnn(CC(N)=O)c2)c(OC)c1. The minimum Gasteiger partial charge on any atom is -0.497 e. The first-order valence-electron chi connectivity index (χ1n) is 6.38. The molecule has 1 amide bonds. The summed E-state index contributed by atoms with van der Waals surface area (Å²) in [6.07, 6.45) is 3.36. The van der Waals surface area contributed by atoms with Crippen molar-refractivity contribution in [1.82, 2.24) is 9.78 Å². The molecule has 1 aromatic heterocycles. The average Bonchev–Trinajstić information content (AvgIpc) is 2.91. The minimum atomic E-state index is -0.429. The first kappa shape index (κ1) is 14.7. The maximum atomic E-state index is 10.8. The van der Waals surface area contributed by atoms with E-state index in [-0.39, 0.29) is 6.54 Å². The quantitative estimate of drug-likeness (QED) is 0.793. The molecule has 1 heterocycles. The van der Waals surface area contributed by atoms with Crippen molar-refractivity contribution in [1.29, 1.82) is 0 Å². The number of hydrogen-bond donors (Lipinski definition) is 2. The van der Waals surface area contributed by atoms with E-state index >= 15 is 0 Å². The summed E-state index contributed by atoms with van der Waals surface area (Å²) in [6, 6.07) is 5.63. The molecule has 0 unspecified atom stereocenters. The van der Waals surface area contributed by atoms with E-state index in [0.29, 0.717) is 6.54 Å². The Morgan fingerprint density at radius 2 is 2.19 bits per heavy atom. The van der Waals surface area contributed by atoms with E-state index in [9.17, 15) is 4.79 Å². The number of hydrogen-bond acceptors (Lipinski definition) is 5. The first-order chi connectivity index (χ1) is 10.1. The molecule has 112 valence electrons. The molecule has 0 fully saturated rings. The Morgan fingerprint density at radius 1 is 1.38 bits per heavy atom. The maximum Gasteiger partial charge on any atom is 0.239 e. The summed E-state index contributed by atoms with van der Waals surface area (Å²) in [4.78, 5) is 10.8. The van der Waals surface area contributed by atoms with Gasteiger partial charge in [0.05, 0.1) is 26.1 Å². The zero-order chi connectivity index (χ0) is 15.2. The second-order valence-corrected chi connectivity index (χ2v) is 4.42. The van der Waals surface area contributed by atoms with Gasteiger partial charge in [-0.2, -0.15) is 5.10 Å². The molecule has 7 nitrogen and oxygen atoms in total. The number of anilines is 1. The van der Waals surface area contributed by atoms with Crippen LogP contribution in [0.1, 0.15) is 5.56 Å². The number of carbonyl (C=O) groups is 1. The number of benzene rings is 1. The van der Waals surface area contributed by atoms with E-state index in [1.54, 1.807) is 26.6 Å². The van der Waals surface area contributed by atoms with Gasteiger partial charge in [0.25, 0.3) is 0 Å². The van der Waals surface area contributed by atoms with E-state index in [0.717, 1.165) is 22.7 Å². The van der Waals surface area contributed by atoms with Crippen molar-refractivity contribution in [2.45, 2.75) is 13.1 Å². The van der Waals surface area contributed by atoms with Crippen LogP contribution < -0.4 is 20.5 Å². The molecule has 0 bridgehead atoms. The number of nitrogens with one attached hydrogen (secondary N) is 1. The van der Waals surface area contributed by atoms with Crippen molar-refractivity contribution < 1.29 is 14.3 Å². The lowest BCUT2D eigenvalue weighted by molar-refractivity contribution is -0.118. The summed E-state index contributed by atoms with van der Waals surface area (Å²) in [6.45, 7) is 0.628. The van der Waals surface area contributed by atoms with Gasteiger partial charge in [-0.15, -0.1) is 0 Å². The number of nitrogens with zero attached hydrogens (tertiary/aromatic N) is 2. The number of amides is 1. The monoisotopic (exact) mass is 290 g/mol. The van der Waals surface area contributed by atoms with Crippen LogP contribution in [0, 0.1) is 0 Å². The smallest absolute Gasteiger partial charge is 0.239 e. The second-order valence-electron chi connectivity index (χ2n) is 4.42. The fraction of sp³-hybridized carbons (Fsp3) is 0.286. The van der Waals surface area contributed by atoms with E-state index in [2.05, 4.69) is 10.4 Å². The fourth-order valence-corrected chi connectivity index (χ4v) is 1.90. The summed E-state index contributed by atoms with van der Waals surface area (Å²) in [5.74, 6) is 1.05. The number of nitrogens with two attached hydrogens (primary N) is 1. The highest BCUT2D eigenvalue weighted by Gasteiger charge is 2.06. The van der Waals surface area contributed by atoms with Crippen LogP contribution in [0.5, 0.6) is 11.5 Å². The average molecular weight is 290 g/mol. The Labute approximate surface area is 122 Å². The van der Waals surface area contributed by atoms with Gasteiger partial charge in [-0.25, -0.2) is 0 Å². The number of ether oxygens (including phenoxy) is 2. The number of aromatic nitrogens is 2. The number of primary amides is 1.